The van der Waals surface area contributed by atoms with Gasteiger partial charge in [0.25, 0.3) is 5.91 Å². The molecule has 1 heterocycles. The van der Waals surface area contributed by atoms with Crippen LogP contribution >= 0.6 is 12.6 Å². The molecule has 1 aliphatic rings. The molecule has 8 nitrogen and oxygen atoms in total. The minimum atomic E-state index is -0.127. The predicted octanol–water partition coefficient (Wildman–Crippen LogP) is 3.23. The first-order valence-corrected chi connectivity index (χ1v) is 10.6. The van der Waals surface area contributed by atoms with E-state index in [0.29, 0.717) is 50.3 Å². The lowest BCUT2D eigenvalue weighted by molar-refractivity contribution is -0.127. The van der Waals surface area contributed by atoms with Crippen LogP contribution in [0.15, 0.2) is 40.0 Å². The van der Waals surface area contributed by atoms with Crippen LogP contribution in [-0.4, -0.2) is 68.0 Å². The van der Waals surface area contributed by atoms with Crippen LogP contribution in [0.1, 0.15) is 30.1 Å². The summed E-state index contributed by atoms with van der Waals surface area (Å²) in [6.07, 6.45) is 3.81. The largest absolute Gasteiger partial charge is 0.491 e. The van der Waals surface area contributed by atoms with Gasteiger partial charge in [-0.15, -0.1) is 4.91 Å². The fraction of sp³-hybridized carbons (Fsp3) is 0.476. The molecule has 0 radical (unpaired) electrons. The van der Waals surface area contributed by atoms with Crippen LogP contribution < -0.4 is 4.74 Å². The van der Waals surface area contributed by atoms with E-state index >= 15 is 0 Å². The predicted molar refractivity (Wildman–Crippen MR) is 119 cm³/mol. The normalized spacial score (nSPS) is 13.3. The molecule has 9 heteroatoms. The van der Waals surface area contributed by atoms with Gasteiger partial charge in [0.05, 0.1) is 24.3 Å². The van der Waals surface area contributed by atoms with Crippen molar-refractivity contribution >= 4 is 36.2 Å². The molecule has 1 aliphatic heterocycles. The molecule has 1 aromatic carbocycles. The van der Waals surface area contributed by atoms with Crippen molar-refractivity contribution in [3.63, 3.8) is 0 Å². The standard InChI is InChI=1S/C21H27N3O5S/c1-2-28-12-10-24(21(26)16-5-4-9-22-18(16)8-14-30)11-13-29-20-7-3-6-19(23-27)17(20)15-25/h3,5-7,15,30H,2,4,8-14H2,1H3. The Balaban J connectivity index is 2.09. The van der Waals surface area contributed by atoms with E-state index in [1.165, 1.54) is 6.07 Å². The Bertz CT molecular complexity index is 810. The van der Waals surface area contributed by atoms with Gasteiger partial charge in [0.1, 0.15) is 18.0 Å². The second-order valence-corrected chi connectivity index (χ2v) is 6.89. The maximum Gasteiger partial charge on any atom is 0.255 e. The quantitative estimate of drug-likeness (QED) is 0.223. The van der Waals surface area contributed by atoms with E-state index in [0.717, 1.165) is 12.1 Å². The van der Waals surface area contributed by atoms with Crippen LogP contribution in [-0.2, 0) is 9.53 Å². The van der Waals surface area contributed by atoms with E-state index in [4.69, 9.17) is 9.47 Å². The van der Waals surface area contributed by atoms with Gasteiger partial charge in [0, 0.05) is 25.4 Å². The molecule has 0 fully saturated rings. The molecule has 1 aromatic rings. The molecule has 0 bridgehead atoms. The molecule has 0 saturated carbocycles. The van der Waals surface area contributed by atoms with Crippen molar-refractivity contribution in [1.82, 2.24) is 4.90 Å². The zero-order chi connectivity index (χ0) is 21.8. The van der Waals surface area contributed by atoms with Crippen molar-refractivity contribution in [2.24, 2.45) is 10.2 Å². The average Bonchev–Trinajstić information content (AvgIpc) is 2.78. The Morgan fingerprint density at radius 1 is 1.33 bits per heavy atom. The molecular formula is C21H27N3O5S. The van der Waals surface area contributed by atoms with Crippen LogP contribution in [0.5, 0.6) is 5.75 Å². The highest BCUT2D eigenvalue weighted by Crippen LogP contribution is 2.26. The molecule has 0 N–H and O–H groups in total. The fourth-order valence-corrected chi connectivity index (χ4v) is 3.28. The molecule has 0 unspecified atom stereocenters. The summed E-state index contributed by atoms with van der Waals surface area (Å²) in [5.41, 5.74) is 1.49. The van der Waals surface area contributed by atoms with E-state index in [-0.39, 0.29) is 36.1 Å². The SMILES string of the molecule is CCOCCN(CCOc1cccc(N=O)c1C=O)C(=O)C1=CCCN=C1CCS. The van der Waals surface area contributed by atoms with E-state index in [9.17, 15) is 14.5 Å². The van der Waals surface area contributed by atoms with Crippen molar-refractivity contribution in [3.05, 3.63) is 40.3 Å². The number of carbonyl (C=O) groups is 2. The number of amides is 1. The van der Waals surface area contributed by atoms with Crippen LogP contribution in [0.4, 0.5) is 5.69 Å². The third kappa shape index (κ3) is 6.50. The minimum Gasteiger partial charge on any atom is -0.491 e. The molecule has 2 rings (SSSR count). The Kier molecular flexibility index (Phi) is 10.2. The summed E-state index contributed by atoms with van der Waals surface area (Å²) < 4.78 is 11.1. The average molecular weight is 434 g/mol. The van der Waals surface area contributed by atoms with Gasteiger partial charge in [-0.05, 0) is 42.8 Å². The van der Waals surface area contributed by atoms with Crippen molar-refractivity contribution in [2.45, 2.75) is 19.8 Å². The zero-order valence-corrected chi connectivity index (χ0v) is 18.0. The van der Waals surface area contributed by atoms with Crippen molar-refractivity contribution < 1.29 is 19.1 Å². The van der Waals surface area contributed by atoms with Gasteiger partial charge >= 0.3 is 0 Å². The third-order valence-electron chi connectivity index (χ3n) is 4.55. The van der Waals surface area contributed by atoms with E-state index in [1.54, 1.807) is 17.0 Å². The first kappa shape index (κ1) is 23.8. The Hall–Kier alpha value is -2.52. The lowest BCUT2D eigenvalue weighted by Crippen LogP contribution is -2.40. The van der Waals surface area contributed by atoms with Crippen molar-refractivity contribution in [3.8, 4) is 5.75 Å². The van der Waals surface area contributed by atoms with Gasteiger partial charge in [-0.3, -0.25) is 14.6 Å². The number of nitroso groups, excluding NO2 is 1. The van der Waals surface area contributed by atoms with Crippen LogP contribution in [0.25, 0.3) is 0 Å². The summed E-state index contributed by atoms with van der Waals surface area (Å²) in [6, 6.07) is 4.62. The van der Waals surface area contributed by atoms with Gasteiger partial charge in [-0.2, -0.15) is 12.6 Å². The number of rotatable bonds is 13. The second-order valence-electron chi connectivity index (χ2n) is 6.44. The summed E-state index contributed by atoms with van der Waals surface area (Å²) in [4.78, 5) is 41.5. The first-order valence-electron chi connectivity index (χ1n) is 9.92. The number of benzene rings is 1. The number of aldehydes is 1. The summed E-state index contributed by atoms with van der Waals surface area (Å²) in [5.74, 6) is 0.743. The minimum absolute atomic E-state index is 0.0201. The highest BCUT2D eigenvalue weighted by Gasteiger charge is 2.23. The Morgan fingerprint density at radius 3 is 2.83 bits per heavy atom. The number of aliphatic imine (C=N–C) groups is 1. The van der Waals surface area contributed by atoms with Gasteiger partial charge in [-0.1, -0.05) is 12.1 Å². The number of hydrogen-bond acceptors (Lipinski definition) is 8. The van der Waals surface area contributed by atoms with Crippen molar-refractivity contribution in [2.75, 3.05) is 45.2 Å². The zero-order valence-electron chi connectivity index (χ0n) is 17.1. The van der Waals surface area contributed by atoms with E-state index in [1.807, 2.05) is 13.0 Å². The number of ether oxygens (including phenoxy) is 2. The number of thiol groups is 1. The van der Waals surface area contributed by atoms with E-state index in [2.05, 4.69) is 22.8 Å². The number of dihydropyridines is 1. The van der Waals surface area contributed by atoms with Crippen LogP contribution in [0.2, 0.25) is 0 Å². The number of carbonyl (C=O) groups excluding carboxylic acids is 2. The smallest absolute Gasteiger partial charge is 0.255 e. The molecule has 0 aliphatic carbocycles. The molecule has 1 amide bonds. The monoisotopic (exact) mass is 433 g/mol. The van der Waals surface area contributed by atoms with Gasteiger partial charge in [0.15, 0.2) is 6.29 Å². The summed E-state index contributed by atoms with van der Waals surface area (Å²) >= 11 is 4.26. The van der Waals surface area contributed by atoms with Gasteiger partial charge in [0.2, 0.25) is 0 Å². The first-order chi connectivity index (χ1) is 14.7. The topological polar surface area (TPSA) is 97.6 Å². The molecule has 30 heavy (non-hydrogen) atoms. The van der Waals surface area contributed by atoms with Gasteiger partial charge < -0.3 is 14.4 Å². The van der Waals surface area contributed by atoms with Gasteiger partial charge in [-0.25, -0.2) is 0 Å². The molecule has 162 valence electrons. The maximum atomic E-state index is 13.2. The maximum absolute atomic E-state index is 13.2. The van der Waals surface area contributed by atoms with E-state index < -0.39 is 0 Å². The lowest BCUT2D eigenvalue weighted by Gasteiger charge is -2.25. The van der Waals surface area contributed by atoms with Crippen LogP contribution in [0, 0.1) is 4.91 Å². The second kappa shape index (κ2) is 12.9. The summed E-state index contributed by atoms with van der Waals surface area (Å²) in [6.45, 7) is 4.36. The van der Waals surface area contributed by atoms with Crippen LogP contribution in [0.3, 0.4) is 0 Å². The third-order valence-corrected chi connectivity index (χ3v) is 4.77. The lowest BCUT2D eigenvalue weighted by atomic mass is 10.0. The van der Waals surface area contributed by atoms with Crippen molar-refractivity contribution in [1.29, 1.82) is 0 Å². The molecular weight excluding hydrogens is 406 g/mol. The highest BCUT2D eigenvalue weighted by atomic mass is 32.1. The number of nitrogens with zero attached hydrogens (tertiary/aromatic N) is 3. The highest BCUT2D eigenvalue weighted by molar-refractivity contribution is 7.80. The summed E-state index contributed by atoms with van der Waals surface area (Å²) in [5, 5.41) is 2.84. The molecule has 0 spiro atoms. The molecule has 0 saturated heterocycles. The summed E-state index contributed by atoms with van der Waals surface area (Å²) in [7, 11) is 0. The molecule has 0 atom stereocenters. The fourth-order valence-electron chi connectivity index (χ4n) is 3.07. The molecule has 0 aromatic heterocycles. The Labute approximate surface area is 181 Å². The number of hydrogen-bond donors (Lipinski definition) is 1. The Morgan fingerprint density at radius 2 is 2.13 bits per heavy atom.